The SMILES string of the molecule is Cc1ccc(-n2ncc(C(=O)NCCc3ccc(N)cc3)c2C2CC2)cc1Cl. The fraction of sp³-hybridized carbons (Fsp3) is 0.273. The molecule has 0 spiro atoms. The van der Waals surface area contributed by atoms with Crippen molar-refractivity contribution in [1.29, 1.82) is 0 Å². The molecule has 0 bridgehead atoms. The normalized spacial score (nSPS) is 13.5. The van der Waals surface area contributed by atoms with Crippen molar-refractivity contribution in [3.63, 3.8) is 0 Å². The van der Waals surface area contributed by atoms with E-state index in [1.807, 2.05) is 54.1 Å². The molecule has 0 saturated heterocycles. The molecule has 28 heavy (non-hydrogen) atoms. The van der Waals surface area contributed by atoms with Crippen LogP contribution in [0.1, 0.15) is 45.9 Å². The molecule has 1 aliphatic rings. The lowest BCUT2D eigenvalue weighted by atomic mass is 10.1. The standard InChI is InChI=1S/C22H23ClN4O/c1-14-2-9-18(12-20(14)23)27-21(16-5-6-16)19(13-26-27)22(28)25-11-10-15-3-7-17(24)8-4-15/h2-4,7-9,12-13,16H,5-6,10-11,24H2,1H3,(H,25,28). The minimum atomic E-state index is -0.0817. The first-order valence-corrected chi connectivity index (χ1v) is 9.88. The van der Waals surface area contributed by atoms with E-state index in [1.165, 1.54) is 0 Å². The van der Waals surface area contributed by atoms with Crippen LogP contribution in [0.2, 0.25) is 5.02 Å². The van der Waals surface area contributed by atoms with Crippen molar-refractivity contribution in [1.82, 2.24) is 15.1 Å². The van der Waals surface area contributed by atoms with Gasteiger partial charge >= 0.3 is 0 Å². The highest BCUT2D eigenvalue weighted by Gasteiger charge is 2.32. The van der Waals surface area contributed by atoms with Crippen LogP contribution in [0, 0.1) is 6.92 Å². The highest BCUT2D eigenvalue weighted by Crippen LogP contribution is 2.42. The van der Waals surface area contributed by atoms with Crippen LogP contribution in [0.3, 0.4) is 0 Å². The second-order valence-electron chi connectivity index (χ2n) is 7.31. The van der Waals surface area contributed by atoms with Crippen LogP contribution in [0.25, 0.3) is 5.69 Å². The third kappa shape index (κ3) is 3.90. The predicted molar refractivity (Wildman–Crippen MR) is 112 cm³/mol. The van der Waals surface area contributed by atoms with Gasteiger partial charge in [-0.2, -0.15) is 5.10 Å². The zero-order valence-corrected chi connectivity index (χ0v) is 16.5. The van der Waals surface area contributed by atoms with Gasteiger partial charge in [0.05, 0.1) is 23.1 Å². The Morgan fingerprint density at radius 2 is 2.00 bits per heavy atom. The van der Waals surface area contributed by atoms with Gasteiger partial charge < -0.3 is 11.1 Å². The van der Waals surface area contributed by atoms with Crippen LogP contribution in [0.4, 0.5) is 5.69 Å². The number of rotatable bonds is 6. The van der Waals surface area contributed by atoms with Crippen molar-refractivity contribution in [2.45, 2.75) is 32.1 Å². The van der Waals surface area contributed by atoms with E-state index < -0.39 is 0 Å². The average molecular weight is 395 g/mol. The van der Waals surface area contributed by atoms with Gasteiger partial charge in [0.1, 0.15) is 0 Å². The molecule has 6 heteroatoms. The number of carbonyl (C=O) groups is 1. The monoisotopic (exact) mass is 394 g/mol. The van der Waals surface area contributed by atoms with Crippen molar-refractivity contribution in [2.24, 2.45) is 0 Å². The highest BCUT2D eigenvalue weighted by molar-refractivity contribution is 6.31. The lowest BCUT2D eigenvalue weighted by molar-refractivity contribution is 0.0953. The van der Waals surface area contributed by atoms with Gasteiger partial charge in [0.2, 0.25) is 0 Å². The quantitative estimate of drug-likeness (QED) is 0.613. The van der Waals surface area contributed by atoms with Gasteiger partial charge in [0, 0.05) is 23.2 Å². The summed E-state index contributed by atoms with van der Waals surface area (Å²) >= 11 is 6.29. The zero-order chi connectivity index (χ0) is 19.7. The minimum absolute atomic E-state index is 0.0817. The first-order valence-electron chi connectivity index (χ1n) is 9.50. The molecule has 1 saturated carbocycles. The maximum atomic E-state index is 12.8. The van der Waals surface area contributed by atoms with Crippen molar-refractivity contribution in [3.05, 3.63) is 76.1 Å². The highest BCUT2D eigenvalue weighted by atomic mass is 35.5. The number of nitrogens with two attached hydrogens (primary N) is 1. The smallest absolute Gasteiger partial charge is 0.254 e. The molecule has 2 aromatic carbocycles. The van der Waals surface area contributed by atoms with E-state index in [9.17, 15) is 4.79 Å². The number of benzene rings is 2. The number of nitrogen functional groups attached to an aromatic ring is 1. The lowest BCUT2D eigenvalue weighted by Crippen LogP contribution is -2.26. The summed E-state index contributed by atoms with van der Waals surface area (Å²) in [6, 6.07) is 13.6. The van der Waals surface area contributed by atoms with E-state index in [0.29, 0.717) is 23.0 Å². The number of hydrogen-bond donors (Lipinski definition) is 2. The molecule has 1 fully saturated rings. The molecular formula is C22H23ClN4O. The summed E-state index contributed by atoms with van der Waals surface area (Å²) in [4.78, 5) is 12.8. The third-order valence-electron chi connectivity index (χ3n) is 5.09. The van der Waals surface area contributed by atoms with Gasteiger partial charge in [-0.1, -0.05) is 29.8 Å². The molecular weight excluding hydrogens is 372 g/mol. The average Bonchev–Trinajstić information content (AvgIpc) is 3.43. The van der Waals surface area contributed by atoms with Crippen LogP contribution in [0.15, 0.2) is 48.7 Å². The number of aryl methyl sites for hydroxylation is 1. The summed E-state index contributed by atoms with van der Waals surface area (Å²) in [5.41, 5.74) is 11.1. The zero-order valence-electron chi connectivity index (χ0n) is 15.8. The second-order valence-corrected chi connectivity index (χ2v) is 7.72. The minimum Gasteiger partial charge on any atom is -0.399 e. The Labute approximate surface area is 169 Å². The molecule has 3 N–H and O–H groups in total. The van der Waals surface area contributed by atoms with Crippen LogP contribution >= 0.6 is 11.6 Å². The topological polar surface area (TPSA) is 72.9 Å². The summed E-state index contributed by atoms with van der Waals surface area (Å²) in [5.74, 6) is 0.294. The fourth-order valence-electron chi connectivity index (χ4n) is 3.30. The van der Waals surface area contributed by atoms with Crippen molar-refractivity contribution < 1.29 is 4.79 Å². The number of hydrogen-bond acceptors (Lipinski definition) is 3. The van der Waals surface area contributed by atoms with Gasteiger partial charge in [-0.25, -0.2) is 4.68 Å². The number of amides is 1. The first kappa shape index (κ1) is 18.6. The van der Waals surface area contributed by atoms with Gasteiger partial charge in [-0.05, 0) is 61.6 Å². The molecule has 0 aliphatic heterocycles. The maximum Gasteiger partial charge on any atom is 0.254 e. The fourth-order valence-corrected chi connectivity index (χ4v) is 3.48. The summed E-state index contributed by atoms with van der Waals surface area (Å²) in [6.07, 6.45) is 4.58. The van der Waals surface area contributed by atoms with Crippen LogP contribution < -0.4 is 11.1 Å². The summed E-state index contributed by atoms with van der Waals surface area (Å²) in [7, 11) is 0. The largest absolute Gasteiger partial charge is 0.399 e. The Morgan fingerprint density at radius 1 is 1.25 bits per heavy atom. The molecule has 0 radical (unpaired) electrons. The van der Waals surface area contributed by atoms with Gasteiger partial charge in [0.15, 0.2) is 0 Å². The first-order chi connectivity index (χ1) is 13.5. The van der Waals surface area contributed by atoms with Gasteiger partial charge in [-0.3, -0.25) is 4.79 Å². The van der Waals surface area contributed by atoms with E-state index in [2.05, 4.69) is 10.4 Å². The molecule has 0 atom stereocenters. The summed E-state index contributed by atoms with van der Waals surface area (Å²) < 4.78 is 1.86. The Balaban J connectivity index is 1.51. The number of aromatic nitrogens is 2. The molecule has 0 unspecified atom stereocenters. The molecule has 144 valence electrons. The van der Waals surface area contributed by atoms with E-state index in [-0.39, 0.29) is 5.91 Å². The molecule has 4 rings (SSSR count). The van der Waals surface area contributed by atoms with Crippen molar-refractivity contribution in [3.8, 4) is 5.69 Å². The maximum absolute atomic E-state index is 12.8. The van der Waals surface area contributed by atoms with Gasteiger partial charge in [0.25, 0.3) is 5.91 Å². The van der Waals surface area contributed by atoms with Crippen LogP contribution in [-0.4, -0.2) is 22.2 Å². The second kappa shape index (κ2) is 7.68. The molecule has 1 heterocycles. The Kier molecular flexibility index (Phi) is 5.09. The van der Waals surface area contributed by atoms with Gasteiger partial charge in [-0.15, -0.1) is 0 Å². The Morgan fingerprint density at radius 3 is 2.68 bits per heavy atom. The summed E-state index contributed by atoms with van der Waals surface area (Å²) in [5, 5.41) is 8.22. The predicted octanol–water partition coefficient (Wildman–Crippen LogP) is 4.27. The van der Waals surface area contributed by atoms with E-state index in [0.717, 1.165) is 47.5 Å². The van der Waals surface area contributed by atoms with E-state index >= 15 is 0 Å². The number of nitrogens with one attached hydrogen (secondary N) is 1. The molecule has 1 amide bonds. The number of anilines is 1. The number of nitrogens with zero attached hydrogens (tertiary/aromatic N) is 2. The molecule has 3 aromatic rings. The molecule has 1 aromatic heterocycles. The Hall–Kier alpha value is -2.79. The number of carbonyl (C=O) groups excluding carboxylic acids is 1. The van der Waals surface area contributed by atoms with E-state index in [1.54, 1.807) is 6.20 Å². The summed E-state index contributed by atoms with van der Waals surface area (Å²) in [6.45, 7) is 2.53. The van der Waals surface area contributed by atoms with Crippen LogP contribution in [0.5, 0.6) is 0 Å². The van der Waals surface area contributed by atoms with E-state index in [4.69, 9.17) is 17.3 Å². The van der Waals surface area contributed by atoms with Crippen LogP contribution in [-0.2, 0) is 6.42 Å². The molecule has 5 nitrogen and oxygen atoms in total. The third-order valence-corrected chi connectivity index (χ3v) is 5.50. The lowest BCUT2D eigenvalue weighted by Gasteiger charge is -2.11. The Bertz CT molecular complexity index is 1010. The van der Waals surface area contributed by atoms with Crippen molar-refractivity contribution in [2.75, 3.05) is 12.3 Å². The molecule has 1 aliphatic carbocycles. The van der Waals surface area contributed by atoms with Crippen molar-refractivity contribution >= 4 is 23.2 Å². The number of halogens is 1.